The molecule has 0 aromatic heterocycles. The van der Waals surface area contributed by atoms with Crippen molar-refractivity contribution in [3.63, 3.8) is 0 Å². The maximum Gasteiger partial charge on any atom is 0.0683 e. The first-order chi connectivity index (χ1) is 9.97. The standard InChI is InChI=1S/C19H34O2/c1-2-3-4-5-6-7-8-9-17-10-16-11-18(20,13-17)15-19(21,12-16)14-17/h16,20-21H,2-15H2,1H3. The van der Waals surface area contributed by atoms with Crippen molar-refractivity contribution in [3.8, 4) is 0 Å². The normalized spacial score (nSPS) is 44.4. The molecule has 4 fully saturated rings. The van der Waals surface area contributed by atoms with Gasteiger partial charge < -0.3 is 10.2 Å². The van der Waals surface area contributed by atoms with Crippen LogP contribution in [0.3, 0.4) is 0 Å². The minimum atomic E-state index is -0.532. The molecule has 0 spiro atoms. The van der Waals surface area contributed by atoms with Crippen molar-refractivity contribution in [2.24, 2.45) is 11.3 Å². The molecule has 2 atom stereocenters. The minimum absolute atomic E-state index is 0.270. The second-order valence-corrected chi connectivity index (χ2v) is 8.83. The molecule has 4 rings (SSSR count). The van der Waals surface area contributed by atoms with Gasteiger partial charge in [-0.3, -0.25) is 0 Å². The van der Waals surface area contributed by atoms with Gasteiger partial charge in [-0.2, -0.15) is 0 Å². The summed E-state index contributed by atoms with van der Waals surface area (Å²) in [6, 6.07) is 0. The van der Waals surface area contributed by atoms with Crippen LogP contribution in [0, 0.1) is 11.3 Å². The van der Waals surface area contributed by atoms with Gasteiger partial charge in [-0.25, -0.2) is 0 Å². The van der Waals surface area contributed by atoms with E-state index in [0.717, 1.165) is 25.7 Å². The van der Waals surface area contributed by atoms with Gasteiger partial charge in [0.05, 0.1) is 11.2 Å². The molecular formula is C19H34O2. The molecule has 0 aromatic carbocycles. The van der Waals surface area contributed by atoms with E-state index in [-0.39, 0.29) is 5.41 Å². The van der Waals surface area contributed by atoms with Crippen LogP contribution >= 0.6 is 0 Å². The quantitative estimate of drug-likeness (QED) is 0.644. The van der Waals surface area contributed by atoms with Crippen molar-refractivity contribution < 1.29 is 10.2 Å². The van der Waals surface area contributed by atoms with Gasteiger partial charge in [0.25, 0.3) is 0 Å². The number of rotatable bonds is 8. The van der Waals surface area contributed by atoms with Crippen LogP contribution in [-0.2, 0) is 0 Å². The van der Waals surface area contributed by atoms with Crippen molar-refractivity contribution in [1.82, 2.24) is 0 Å². The van der Waals surface area contributed by atoms with E-state index >= 15 is 0 Å². The summed E-state index contributed by atoms with van der Waals surface area (Å²) in [6.45, 7) is 2.27. The Morgan fingerprint density at radius 3 is 1.90 bits per heavy atom. The highest BCUT2D eigenvalue weighted by atomic mass is 16.3. The Morgan fingerprint density at radius 1 is 0.762 bits per heavy atom. The largest absolute Gasteiger partial charge is 0.390 e. The van der Waals surface area contributed by atoms with Gasteiger partial charge in [0.2, 0.25) is 0 Å². The van der Waals surface area contributed by atoms with E-state index in [9.17, 15) is 10.2 Å². The fraction of sp³-hybridized carbons (Fsp3) is 1.00. The van der Waals surface area contributed by atoms with E-state index < -0.39 is 11.2 Å². The lowest BCUT2D eigenvalue weighted by atomic mass is 9.45. The van der Waals surface area contributed by atoms with Crippen LogP contribution < -0.4 is 0 Å². The zero-order valence-electron chi connectivity index (χ0n) is 13.9. The summed E-state index contributed by atoms with van der Waals surface area (Å²) in [7, 11) is 0. The molecule has 122 valence electrons. The molecule has 4 aliphatic rings. The summed E-state index contributed by atoms with van der Waals surface area (Å²) in [5, 5.41) is 21.5. The molecule has 0 aliphatic heterocycles. The summed E-state index contributed by atoms with van der Waals surface area (Å²) < 4.78 is 0. The topological polar surface area (TPSA) is 40.5 Å². The van der Waals surface area contributed by atoms with Crippen LogP contribution in [0.4, 0.5) is 0 Å². The van der Waals surface area contributed by atoms with Crippen molar-refractivity contribution in [3.05, 3.63) is 0 Å². The molecule has 2 unspecified atom stereocenters. The molecule has 21 heavy (non-hydrogen) atoms. The molecule has 4 saturated carbocycles. The van der Waals surface area contributed by atoms with Gasteiger partial charge in [0.15, 0.2) is 0 Å². The average molecular weight is 294 g/mol. The van der Waals surface area contributed by atoms with E-state index in [2.05, 4.69) is 6.92 Å². The van der Waals surface area contributed by atoms with Crippen molar-refractivity contribution in [1.29, 1.82) is 0 Å². The molecule has 0 aromatic rings. The Labute approximate surface area is 130 Å². The predicted molar refractivity (Wildman–Crippen MR) is 86.1 cm³/mol. The van der Waals surface area contributed by atoms with E-state index in [0.29, 0.717) is 12.3 Å². The summed E-state index contributed by atoms with van der Waals surface area (Å²) in [5.74, 6) is 0.584. The van der Waals surface area contributed by atoms with Gasteiger partial charge in [-0.05, 0) is 49.9 Å². The smallest absolute Gasteiger partial charge is 0.0683 e. The van der Waals surface area contributed by atoms with Gasteiger partial charge in [0.1, 0.15) is 0 Å². The zero-order chi connectivity index (χ0) is 15.0. The van der Waals surface area contributed by atoms with Gasteiger partial charge in [0, 0.05) is 6.42 Å². The van der Waals surface area contributed by atoms with Crippen molar-refractivity contribution in [2.45, 2.75) is 108 Å². The molecule has 2 heteroatoms. The molecule has 2 N–H and O–H groups in total. The molecule has 0 amide bonds. The Morgan fingerprint density at radius 2 is 1.33 bits per heavy atom. The predicted octanol–water partition coefficient (Wildman–Crippen LogP) is 4.57. The lowest BCUT2D eigenvalue weighted by Gasteiger charge is -2.63. The molecule has 0 saturated heterocycles. The Kier molecular flexibility index (Phi) is 4.40. The average Bonchev–Trinajstić information content (AvgIpc) is 2.33. The Bertz CT molecular complexity index is 347. The van der Waals surface area contributed by atoms with Gasteiger partial charge in [-0.1, -0.05) is 51.9 Å². The van der Waals surface area contributed by atoms with Crippen LogP contribution in [0.1, 0.15) is 96.8 Å². The first kappa shape index (κ1) is 15.8. The van der Waals surface area contributed by atoms with Crippen molar-refractivity contribution in [2.75, 3.05) is 0 Å². The number of hydrogen-bond acceptors (Lipinski definition) is 2. The van der Waals surface area contributed by atoms with Crippen molar-refractivity contribution >= 4 is 0 Å². The number of unbranched alkanes of at least 4 members (excludes halogenated alkanes) is 6. The van der Waals surface area contributed by atoms with E-state index in [1.54, 1.807) is 0 Å². The van der Waals surface area contributed by atoms with Crippen LogP contribution in [0.5, 0.6) is 0 Å². The first-order valence-electron chi connectivity index (χ1n) is 9.41. The Balaban J connectivity index is 1.47. The summed E-state index contributed by atoms with van der Waals surface area (Å²) in [4.78, 5) is 0. The second-order valence-electron chi connectivity index (χ2n) is 8.83. The maximum atomic E-state index is 10.8. The molecule has 0 radical (unpaired) electrons. The number of hydrogen-bond donors (Lipinski definition) is 2. The SMILES string of the molecule is CCCCCCCCCC12CC3CC(O)(CC(O)(C3)C1)C2. The molecule has 4 bridgehead atoms. The third-order valence-electron chi connectivity index (χ3n) is 6.44. The van der Waals surface area contributed by atoms with Crippen LogP contribution in [0.2, 0.25) is 0 Å². The lowest BCUT2D eigenvalue weighted by Crippen LogP contribution is -2.63. The molecule has 4 aliphatic carbocycles. The Hall–Kier alpha value is -0.0800. The van der Waals surface area contributed by atoms with Gasteiger partial charge >= 0.3 is 0 Å². The molecule has 0 heterocycles. The summed E-state index contributed by atoms with van der Waals surface area (Å²) in [6.07, 6.45) is 16.5. The summed E-state index contributed by atoms with van der Waals surface area (Å²) in [5.41, 5.74) is -0.795. The van der Waals surface area contributed by atoms with E-state index in [1.807, 2.05) is 0 Å². The summed E-state index contributed by atoms with van der Waals surface area (Å²) >= 11 is 0. The van der Waals surface area contributed by atoms with E-state index in [4.69, 9.17) is 0 Å². The molecular weight excluding hydrogens is 260 g/mol. The van der Waals surface area contributed by atoms with Crippen LogP contribution in [0.25, 0.3) is 0 Å². The van der Waals surface area contributed by atoms with Crippen LogP contribution in [-0.4, -0.2) is 21.4 Å². The fourth-order valence-corrected chi connectivity index (χ4v) is 6.27. The lowest BCUT2D eigenvalue weighted by molar-refractivity contribution is -0.231. The van der Waals surface area contributed by atoms with Crippen LogP contribution in [0.15, 0.2) is 0 Å². The van der Waals surface area contributed by atoms with Gasteiger partial charge in [-0.15, -0.1) is 0 Å². The monoisotopic (exact) mass is 294 g/mol. The molecule has 2 nitrogen and oxygen atoms in total. The second kappa shape index (κ2) is 5.85. The number of aliphatic hydroxyl groups is 2. The minimum Gasteiger partial charge on any atom is -0.390 e. The maximum absolute atomic E-state index is 10.8. The first-order valence-corrected chi connectivity index (χ1v) is 9.41. The highest BCUT2D eigenvalue weighted by molar-refractivity contribution is 5.14. The highest BCUT2D eigenvalue weighted by Gasteiger charge is 2.62. The van der Waals surface area contributed by atoms with E-state index in [1.165, 1.54) is 57.8 Å². The zero-order valence-corrected chi connectivity index (χ0v) is 13.9. The fourth-order valence-electron chi connectivity index (χ4n) is 6.27. The highest BCUT2D eigenvalue weighted by Crippen LogP contribution is 2.64. The third kappa shape index (κ3) is 3.47. The third-order valence-corrected chi connectivity index (χ3v) is 6.44.